The van der Waals surface area contributed by atoms with Crippen molar-refractivity contribution < 1.29 is 18.4 Å². The van der Waals surface area contributed by atoms with Crippen LogP contribution in [0.15, 0.2) is 48.2 Å². The molecule has 0 bridgehead atoms. The number of fused-ring (bicyclic) bond motifs is 3. The molecule has 3 heterocycles. The van der Waals surface area contributed by atoms with Crippen LogP contribution in [0.5, 0.6) is 0 Å². The Morgan fingerprint density at radius 2 is 2.13 bits per heavy atom. The van der Waals surface area contributed by atoms with E-state index in [0.29, 0.717) is 12.2 Å². The number of anilines is 1. The minimum atomic E-state index is -0.853. The molecule has 2 aromatic rings. The lowest BCUT2D eigenvalue weighted by Crippen LogP contribution is -2.48. The van der Waals surface area contributed by atoms with Gasteiger partial charge in [-0.3, -0.25) is 24.2 Å². The average molecular weight is 423 g/mol. The van der Waals surface area contributed by atoms with Crippen LogP contribution in [0.25, 0.3) is 0 Å². The maximum Gasteiger partial charge on any atom is 0.275 e. The van der Waals surface area contributed by atoms with Crippen LogP contribution in [0.4, 0.5) is 14.6 Å². The normalized spacial score (nSPS) is 23.8. The van der Waals surface area contributed by atoms with Gasteiger partial charge in [-0.1, -0.05) is 0 Å². The monoisotopic (exact) mass is 423 g/mol. The van der Waals surface area contributed by atoms with Crippen LogP contribution in [-0.4, -0.2) is 44.7 Å². The van der Waals surface area contributed by atoms with E-state index in [1.807, 2.05) is 0 Å². The summed E-state index contributed by atoms with van der Waals surface area (Å²) in [6.07, 6.45) is 11.6. The van der Waals surface area contributed by atoms with E-state index in [4.69, 9.17) is 0 Å². The second-order valence-corrected chi connectivity index (χ2v) is 7.66. The first-order chi connectivity index (χ1) is 14.9. The van der Waals surface area contributed by atoms with E-state index in [1.165, 1.54) is 29.3 Å². The molecule has 156 valence electrons. The highest BCUT2D eigenvalue weighted by atomic mass is 19.1. The van der Waals surface area contributed by atoms with E-state index in [2.05, 4.69) is 26.5 Å². The molecule has 0 radical (unpaired) electrons. The third-order valence-corrected chi connectivity index (χ3v) is 5.69. The summed E-state index contributed by atoms with van der Waals surface area (Å²) in [7, 11) is 1.57. The molecule has 31 heavy (non-hydrogen) atoms. The third-order valence-electron chi connectivity index (χ3n) is 5.69. The van der Waals surface area contributed by atoms with Crippen molar-refractivity contribution in [1.82, 2.24) is 25.1 Å². The summed E-state index contributed by atoms with van der Waals surface area (Å²) >= 11 is 0. The lowest BCUT2D eigenvalue weighted by atomic mass is 10.1. The number of hydrogen-bond donors (Lipinski definition) is 1. The molecule has 3 aliphatic rings. The van der Waals surface area contributed by atoms with Gasteiger partial charge in [-0.05, 0) is 12.3 Å². The number of hydrogen-bond acceptors (Lipinski definition) is 5. The Morgan fingerprint density at radius 1 is 1.32 bits per heavy atom. The molecule has 0 saturated heterocycles. The van der Waals surface area contributed by atoms with Gasteiger partial charge in [0, 0.05) is 31.4 Å². The fourth-order valence-corrected chi connectivity index (χ4v) is 4.01. The molecule has 8 nitrogen and oxygen atoms in total. The topological polar surface area (TPSA) is 93.0 Å². The molecule has 1 N–H and O–H groups in total. The third kappa shape index (κ3) is 3.30. The molecule has 5 rings (SSSR count). The van der Waals surface area contributed by atoms with E-state index < -0.39 is 29.3 Å². The number of carbonyl (C=O) groups excluding carboxylic acids is 2. The SMILES string of the molecule is CN1C(=O)[C@@H](NC(=O)c2nn(CC3=C(F)C=[C+]C=C3)cc2F)[C@H]2C[C@H]2c2nccnc21. The fourth-order valence-electron chi connectivity index (χ4n) is 4.01. The Kier molecular flexibility index (Phi) is 4.44. The largest absolute Gasteiger partial charge is 0.338 e. The van der Waals surface area contributed by atoms with Crippen molar-refractivity contribution in [3.05, 3.63) is 71.5 Å². The number of amides is 2. The summed E-state index contributed by atoms with van der Waals surface area (Å²) in [5.41, 5.74) is 0.554. The molecule has 0 spiro atoms. The molecule has 1 aliphatic heterocycles. The predicted octanol–water partition coefficient (Wildman–Crippen LogP) is 1.84. The molecule has 1 fully saturated rings. The van der Waals surface area contributed by atoms with Gasteiger partial charge in [0.1, 0.15) is 23.8 Å². The minimum Gasteiger partial charge on any atom is -0.338 e. The van der Waals surface area contributed by atoms with Gasteiger partial charge in [-0.15, -0.1) is 4.39 Å². The zero-order valence-corrected chi connectivity index (χ0v) is 16.4. The first-order valence-electron chi connectivity index (χ1n) is 9.71. The average Bonchev–Trinajstić information content (AvgIpc) is 3.48. The number of halogens is 2. The predicted molar refractivity (Wildman–Crippen MR) is 105 cm³/mol. The smallest absolute Gasteiger partial charge is 0.275 e. The first kappa shape index (κ1) is 19.2. The highest BCUT2D eigenvalue weighted by molar-refractivity contribution is 6.02. The van der Waals surface area contributed by atoms with Crippen molar-refractivity contribution >= 4 is 17.6 Å². The Labute approximate surface area is 176 Å². The van der Waals surface area contributed by atoms with Gasteiger partial charge in [0.2, 0.25) is 5.83 Å². The first-order valence-corrected chi connectivity index (χ1v) is 9.71. The molecule has 0 unspecified atom stereocenters. The van der Waals surface area contributed by atoms with Crippen molar-refractivity contribution in [1.29, 1.82) is 0 Å². The number of rotatable bonds is 4. The lowest BCUT2D eigenvalue weighted by molar-refractivity contribution is -0.120. The zero-order valence-electron chi connectivity index (χ0n) is 16.4. The summed E-state index contributed by atoms with van der Waals surface area (Å²) < 4.78 is 29.4. The number of nitrogens with one attached hydrogen (secondary N) is 1. The maximum absolute atomic E-state index is 14.4. The van der Waals surface area contributed by atoms with Gasteiger partial charge in [0.05, 0.1) is 24.5 Å². The highest BCUT2D eigenvalue weighted by Crippen LogP contribution is 2.53. The molecule has 2 aromatic heterocycles. The van der Waals surface area contributed by atoms with E-state index in [1.54, 1.807) is 13.2 Å². The van der Waals surface area contributed by atoms with Crippen molar-refractivity contribution in [2.45, 2.75) is 24.9 Å². The number of likely N-dealkylation sites (N-methyl/N-ethyl adjacent to an activating group) is 1. The van der Waals surface area contributed by atoms with Crippen molar-refractivity contribution in [2.24, 2.45) is 5.92 Å². The Bertz CT molecular complexity index is 1180. The second kappa shape index (κ2) is 7.17. The minimum absolute atomic E-state index is 0.00293. The molecule has 0 aromatic carbocycles. The second-order valence-electron chi connectivity index (χ2n) is 7.66. The summed E-state index contributed by atoms with van der Waals surface area (Å²) in [6.45, 7) is -0.0485. The molecular weight excluding hydrogens is 406 g/mol. The Morgan fingerprint density at radius 3 is 2.94 bits per heavy atom. The van der Waals surface area contributed by atoms with Crippen LogP contribution < -0.4 is 10.2 Å². The molecular formula is C21H17F2N6O2+. The summed E-state index contributed by atoms with van der Waals surface area (Å²) in [5.74, 6) is -2.18. The Balaban J connectivity index is 1.35. The quantitative estimate of drug-likeness (QED) is 0.758. The number of aromatic nitrogens is 4. The summed E-state index contributed by atoms with van der Waals surface area (Å²) in [6, 6.07) is -0.842. The molecule has 3 atom stereocenters. The van der Waals surface area contributed by atoms with Gasteiger partial charge < -0.3 is 5.32 Å². The number of carbonyl (C=O) groups is 2. The van der Waals surface area contributed by atoms with E-state index >= 15 is 0 Å². The van der Waals surface area contributed by atoms with Gasteiger partial charge in [-0.25, -0.2) is 9.37 Å². The van der Waals surface area contributed by atoms with E-state index in [-0.39, 0.29) is 29.9 Å². The maximum atomic E-state index is 14.4. The van der Waals surface area contributed by atoms with Crippen LogP contribution >= 0.6 is 0 Å². The van der Waals surface area contributed by atoms with Gasteiger partial charge in [0.15, 0.2) is 17.3 Å². The van der Waals surface area contributed by atoms with Crippen LogP contribution in [0.1, 0.15) is 28.5 Å². The summed E-state index contributed by atoms with van der Waals surface area (Å²) in [5, 5.41) is 6.59. The van der Waals surface area contributed by atoms with Gasteiger partial charge in [0.25, 0.3) is 11.8 Å². The van der Waals surface area contributed by atoms with Crippen LogP contribution in [0, 0.1) is 17.8 Å². The van der Waals surface area contributed by atoms with Crippen molar-refractivity contribution in [2.75, 3.05) is 11.9 Å². The highest BCUT2D eigenvalue weighted by Gasteiger charge is 2.53. The van der Waals surface area contributed by atoms with Crippen LogP contribution in [0.2, 0.25) is 0 Å². The number of allylic oxidation sites excluding steroid dienone is 6. The van der Waals surface area contributed by atoms with Crippen molar-refractivity contribution in [3.8, 4) is 0 Å². The van der Waals surface area contributed by atoms with E-state index in [0.717, 1.165) is 16.6 Å². The molecule has 2 amide bonds. The van der Waals surface area contributed by atoms with E-state index in [9.17, 15) is 18.4 Å². The summed E-state index contributed by atoms with van der Waals surface area (Å²) in [4.78, 5) is 35.7. The standard InChI is InChI=1S/C21H16F2N6O2/c1-28-19-16(24-6-7-25-19)12-8-13(12)17(21(28)31)26-20(30)18-15(23)10-29(27-18)9-11-4-2-3-5-14(11)22/h2,4-7,10,12-13,17H,8-9H2,1H3/p+1/t12-,13+,17+/m1/s1. The molecule has 1 saturated carbocycles. The fraction of sp³-hybridized carbons (Fsp3) is 0.286. The molecule has 2 aliphatic carbocycles. The molecule has 10 heteroatoms. The van der Waals surface area contributed by atoms with Crippen molar-refractivity contribution in [3.63, 3.8) is 0 Å². The zero-order chi connectivity index (χ0) is 21.7. The number of nitrogens with zero attached hydrogens (tertiary/aromatic N) is 5. The van der Waals surface area contributed by atoms with Gasteiger partial charge in [-0.2, -0.15) is 5.10 Å². The Hall–Kier alpha value is -3.78. The van der Waals surface area contributed by atoms with Crippen LogP contribution in [0.3, 0.4) is 0 Å². The van der Waals surface area contributed by atoms with Gasteiger partial charge >= 0.3 is 0 Å². The lowest BCUT2D eigenvalue weighted by Gasteiger charge is -2.22. The van der Waals surface area contributed by atoms with Crippen LogP contribution in [-0.2, 0) is 11.3 Å².